The Bertz CT molecular complexity index is 459. The van der Waals surface area contributed by atoms with Crippen LogP contribution in [-0.4, -0.2) is 23.7 Å². The van der Waals surface area contributed by atoms with Crippen molar-refractivity contribution in [1.29, 1.82) is 0 Å². The fourth-order valence-corrected chi connectivity index (χ4v) is 3.37. The first-order chi connectivity index (χ1) is 9.13. The van der Waals surface area contributed by atoms with Crippen molar-refractivity contribution in [3.8, 4) is 0 Å². The fraction of sp³-hybridized carbons (Fsp3) is 0.533. The molecule has 1 atom stereocenters. The Morgan fingerprint density at radius 1 is 1.47 bits per heavy atom. The molecule has 0 amide bonds. The normalized spacial score (nSPS) is 19.5. The molecule has 1 aliphatic rings. The molecule has 0 aromatic heterocycles. The van der Waals surface area contributed by atoms with E-state index in [1.165, 1.54) is 32.1 Å². The molecule has 1 heterocycles. The van der Waals surface area contributed by atoms with E-state index in [-0.39, 0.29) is 0 Å². The van der Waals surface area contributed by atoms with Gasteiger partial charge in [0.2, 0.25) is 0 Å². The summed E-state index contributed by atoms with van der Waals surface area (Å²) in [5, 5.41) is 9.06. The second-order valence-corrected chi connectivity index (χ2v) is 5.96. The van der Waals surface area contributed by atoms with Crippen LogP contribution in [0, 0.1) is 0 Å². The molecule has 19 heavy (non-hydrogen) atoms. The molecule has 1 saturated heterocycles. The number of benzene rings is 1. The lowest BCUT2D eigenvalue weighted by molar-refractivity contribution is 0.0696. The zero-order valence-corrected chi connectivity index (χ0v) is 12.8. The van der Waals surface area contributed by atoms with Crippen molar-refractivity contribution in [2.75, 3.05) is 11.4 Å². The quantitative estimate of drug-likeness (QED) is 0.896. The summed E-state index contributed by atoms with van der Waals surface area (Å²) >= 11 is 3.37. The average molecular weight is 326 g/mol. The van der Waals surface area contributed by atoms with Crippen molar-refractivity contribution >= 4 is 27.6 Å². The lowest BCUT2D eigenvalue weighted by Crippen LogP contribution is -2.39. The van der Waals surface area contributed by atoms with Crippen LogP contribution in [0.25, 0.3) is 0 Å². The standard InChI is InChI=1S/C15H20BrNO2/c1-2-5-11-6-3-4-9-17(11)12-7-8-13(15(18)19)14(16)10-12/h7-8,10-11H,2-6,9H2,1H3,(H,18,19). The number of piperidine rings is 1. The molecule has 1 aliphatic heterocycles. The first-order valence-corrected chi connectivity index (χ1v) is 7.72. The van der Waals surface area contributed by atoms with E-state index in [2.05, 4.69) is 27.8 Å². The molecule has 0 bridgehead atoms. The number of hydrogen-bond acceptors (Lipinski definition) is 2. The predicted molar refractivity (Wildman–Crippen MR) is 81.0 cm³/mol. The monoisotopic (exact) mass is 325 g/mol. The Labute approximate surface area is 122 Å². The number of anilines is 1. The van der Waals surface area contributed by atoms with Gasteiger partial charge in [-0.25, -0.2) is 4.79 Å². The molecule has 0 spiro atoms. The van der Waals surface area contributed by atoms with Crippen LogP contribution in [0.5, 0.6) is 0 Å². The van der Waals surface area contributed by atoms with Gasteiger partial charge in [0.25, 0.3) is 0 Å². The van der Waals surface area contributed by atoms with E-state index in [4.69, 9.17) is 5.11 Å². The Hall–Kier alpha value is -1.03. The molecule has 1 unspecified atom stereocenters. The van der Waals surface area contributed by atoms with Gasteiger partial charge in [-0.05, 0) is 59.8 Å². The molecule has 0 radical (unpaired) electrons. The molecule has 3 nitrogen and oxygen atoms in total. The summed E-state index contributed by atoms with van der Waals surface area (Å²) in [4.78, 5) is 13.5. The highest BCUT2D eigenvalue weighted by molar-refractivity contribution is 9.10. The van der Waals surface area contributed by atoms with Crippen LogP contribution in [0.1, 0.15) is 49.4 Å². The lowest BCUT2D eigenvalue weighted by atomic mass is 9.97. The molecule has 1 N–H and O–H groups in total. The van der Waals surface area contributed by atoms with E-state index in [1.807, 2.05) is 12.1 Å². The van der Waals surface area contributed by atoms with Crippen molar-refractivity contribution in [3.05, 3.63) is 28.2 Å². The topological polar surface area (TPSA) is 40.5 Å². The van der Waals surface area contributed by atoms with Crippen LogP contribution >= 0.6 is 15.9 Å². The van der Waals surface area contributed by atoms with E-state index >= 15 is 0 Å². The number of carboxylic acid groups (broad SMARTS) is 1. The van der Waals surface area contributed by atoms with E-state index < -0.39 is 5.97 Å². The first-order valence-electron chi connectivity index (χ1n) is 6.93. The van der Waals surface area contributed by atoms with Gasteiger partial charge in [0.15, 0.2) is 0 Å². The third kappa shape index (κ3) is 3.30. The van der Waals surface area contributed by atoms with Crippen molar-refractivity contribution in [2.45, 2.75) is 45.1 Å². The molecule has 1 fully saturated rings. The molecule has 0 aliphatic carbocycles. The van der Waals surface area contributed by atoms with E-state index in [1.54, 1.807) is 6.07 Å². The summed E-state index contributed by atoms with van der Waals surface area (Å²) in [5.41, 5.74) is 1.46. The molecular weight excluding hydrogens is 306 g/mol. The SMILES string of the molecule is CCCC1CCCCN1c1ccc(C(=O)O)c(Br)c1. The smallest absolute Gasteiger partial charge is 0.336 e. The number of carbonyl (C=O) groups is 1. The van der Waals surface area contributed by atoms with E-state index in [0.29, 0.717) is 16.1 Å². The summed E-state index contributed by atoms with van der Waals surface area (Å²) in [6.07, 6.45) is 6.16. The highest BCUT2D eigenvalue weighted by Gasteiger charge is 2.22. The van der Waals surface area contributed by atoms with Gasteiger partial charge in [0, 0.05) is 22.7 Å². The molecule has 1 aromatic rings. The van der Waals surface area contributed by atoms with Gasteiger partial charge in [-0.3, -0.25) is 0 Å². The minimum Gasteiger partial charge on any atom is -0.478 e. The highest BCUT2D eigenvalue weighted by Crippen LogP contribution is 2.30. The maximum atomic E-state index is 11.0. The second kappa shape index (κ2) is 6.42. The zero-order chi connectivity index (χ0) is 13.8. The van der Waals surface area contributed by atoms with Gasteiger partial charge in [0.05, 0.1) is 5.56 Å². The molecule has 0 saturated carbocycles. The van der Waals surface area contributed by atoms with Crippen LogP contribution in [0.15, 0.2) is 22.7 Å². The molecule has 1 aromatic carbocycles. The van der Waals surface area contributed by atoms with E-state index in [0.717, 1.165) is 12.2 Å². The summed E-state index contributed by atoms with van der Waals surface area (Å²) in [6.45, 7) is 3.29. The van der Waals surface area contributed by atoms with Crippen molar-refractivity contribution in [1.82, 2.24) is 0 Å². The third-order valence-corrected chi connectivity index (χ3v) is 4.42. The van der Waals surface area contributed by atoms with Gasteiger partial charge in [-0.2, -0.15) is 0 Å². The maximum absolute atomic E-state index is 11.0. The third-order valence-electron chi connectivity index (χ3n) is 3.76. The van der Waals surface area contributed by atoms with Crippen molar-refractivity contribution in [2.24, 2.45) is 0 Å². The van der Waals surface area contributed by atoms with Gasteiger partial charge < -0.3 is 10.0 Å². The van der Waals surface area contributed by atoms with Gasteiger partial charge in [0.1, 0.15) is 0 Å². The molecule has 4 heteroatoms. The number of hydrogen-bond donors (Lipinski definition) is 1. The number of aromatic carboxylic acids is 1. The Morgan fingerprint density at radius 2 is 2.26 bits per heavy atom. The zero-order valence-electron chi connectivity index (χ0n) is 11.2. The fourth-order valence-electron chi connectivity index (χ4n) is 2.83. The summed E-state index contributed by atoms with van der Waals surface area (Å²) in [6, 6.07) is 6.17. The summed E-state index contributed by atoms with van der Waals surface area (Å²) in [5.74, 6) is -0.887. The minimum atomic E-state index is -0.887. The van der Waals surface area contributed by atoms with Gasteiger partial charge in [-0.15, -0.1) is 0 Å². The maximum Gasteiger partial charge on any atom is 0.336 e. The number of carboxylic acids is 1. The van der Waals surface area contributed by atoms with Crippen LogP contribution in [0.3, 0.4) is 0 Å². The summed E-state index contributed by atoms with van der Waals surface area (Å²) < 4.78 is 0.665. The Morgan fingerprint density at radius 3 is 2.89 bits per heavy atom. The first kappa shape index (κ1) is 14.4. The van der Waals surface area contributed by atoms with Crippen LogP contribution in [0.4, 0.5) is 5.69 Å². The number of halogens is 1. The second-order valence-electron chi connectivity index (χ2n) is 5.10. The minimum absolute atomic E-state index is 0.327. The summed E-state index contributed by atoms with van der Waals surface area (Å²) in [7, 11) is 0. The van der Waals surface area contributed by atoms with Crippen LogP contribution < -0.4 is 4.90 Å². The van der Waals surface area contributed by atoms with Crippen LogP contribution in [0.2, 0.25) is 0 Å². The molecular formula is C15H20BrNO2. The lowest BCUT2D eigenvalue weighted by Gasteiger charge is -2.37. The molecule has 104 valence electrons. The average Bonchev–Trinajstić information content (AvgIpc) is 2.39. The Kier molecular flexibility index (Phi) is 4.86. The number of nitrogens with zero attached hydrogens (tertiary/aromatic N) is 1. The highest BCUT2D eigenvalue weighted by atomic mass is 79.9. The number of rotatable bonds is 4. The van der Waals surface area contributed by atoms with E-state index in [9.17, 15) is 4.79 Å². The van der Waals surface area contributed by atoms with Crippen LogP contribution in [-0.2, 0) is 0 Å². The van der Waals surface area contributed by atoms with Gasteiger partial charge in [-0.1, -0.05) is 13.3 Å². The molecule has 2 rings (SSSR count). The van der Waals surface area contributed by atoms with Crippen molar-refractivity contribution in [3.63, 3.8) is 0 Å². The van der Waals surface area contributed by atoms with Crippen molar-refractivity contribution < 1.29 is 9.90 Å². The predicted octanol–water partition coefficient (Wildman–Crippen LogP) is 4.31. The Balaban J connectivity index is 2.24. The largest absolute Gasteiger partial charge is 0.478 e. The van der Waals surface area contributed by atoms with Gasteiger partial charge >= 0.3 is 5.97 Å².